The van der Waals surface area contributed by atoms with E-state index in [4.69, 9.17) is 11.5 Å². The monoisotopic (exact) mass is 716 g/mol. The van der Waals surface area contributed by atoms with Crippen molar-refractivity contribution in [2.75, 3.05) is 78.5 Å². The van der Waals surface area contributed by atoms with E-state index in [9.17, 15) is 28.8 Å². The molecule has 0 aromatic heterocycles. The van der Waals surface area contributed by atoms with E-state index in [1.165, 1.54) is 9.80 Å². The van der Waals surface area contributed by atoms with Crippen LogP contribution in [-0.2, 0) is 54.7 Å². The summed E-state index contributed by atoms with van der Waals surface area (Å²) in [6.45, 7) is 4.10. The van der Waals surface area contributed by atoms with Gasteiger partial charge in [-0.2, -0.15) is 0 Å². The van der Waals surface area contributed by atoms with E-state index in [-0.39, 0.29) is 74.5 Å². The Balaban J connectivity index is 0.997. The van der Waals surface area contributed by atoms with Crippen molar-refractivity contribution >= 4 is 35.4 Å². The van der Waals surface area contributed by atoms with Gasteiger partial charge in [0.25, 0.3) is 0 Å². The fourth-order valence-corrected chi connectivity index (χ4v) is 6.94. The average Bonchev–Trinajstić information content (AvgIpc) is 3.18. The van der Waals surface area contributed by atoms with Gasteiger partial charge < -0.3 is 40.9 Å². The van der Waals surface area contributed by atoms with Crippen LogP contribution in [0.5, 0.6) is 0 Å². The first-order valence-corrected chi connectivity index (χ1v) is 18.4. The first-order chi connectivity index (χ1) is 25.1. The van der Waals surface area contributed by atoms with E-state index in [1.807, 2.05) is 48.5 Å². The zero-order chi connectivity index (χ0) is 37.0. The Kier molecular flexibility index (Phi) is 13.7. The third-order valence-electron chi connectivity index (χ3n) is 10.2. The van der Waals surface area contributed by atoms with Crippen LogP contribution >= 0.6 is 0 Å². The zero-order valence-electron chi connectivity index (χ0n) is 30.0. The lowest BCUT2D eigenvalue weighted by Crippen LogP contribution is -2.55. The highest BCUT2D eigenvalue weighted by atomic mass is 16.2. The molecule has 0 radical (unpaired) electrons. The van der Waals surface area contributed by atoms with Crippen LogP contribution in [0.15, 0.2) is 48.5 Å². The molecule has 0 atom stereocenters. The molecule has 4 N–H and O–H groups in total. The number of carbonyl (C=O) groups excluding carboxylic acids is 6. The van der Waals surface area contributed by atoms with Crippen molar-refractivity contribution in [3.63, 3.8) is 0 Å². The first-order valence-electron chi connectivity index (χ1n) is 18.4. The van der Waals surface area contributed by atoms with E-state index >= 15 is 0 Å². The standard InChI is InChI=1S/C38H52N8O6/c39-25-31-5-1-3-29(23-31)7-9-33(47)41-15-19-43(20-16-41)37(51)27-45-13-11-36(50)46(14-12-35(45)49)28-38(52)44-21-17-42(18-22-44)34(48)10-8-30-4-2-6-32(24-30)26-40/h1-6,23-24H,7-22,25-28,39-40H2. The molecule has 2 aromatic rings. The highest BCUT2D eigenvalue weighted by Crippen LogP contribution is 2.14. The Labute approximate surface area is 305 Å². The minimum absolute atomic E-state index is 0.0131. The molecule has 0 saturated carbocycles. The summed E-state index contributed by atoms with van der Waals surface area (Å²) in [5, 5.41) is 0. The van der Waals surface area contributed by atoms with Gasteiger partial charge in [-0.3, -0.25) is 28.8 Å². The predicted molar refractivity (Wildman–Crippen MR) is 194 cm³/mol. The molecule has 3 saturated heterocycles. The molecular formula is C38H52N8O6. The molecule has 52 heavy (non-hydrogen) atoms. The molecule has 280 valence electrons. The van der Waals surface area contributed by atoms with Gasteiger partial charge in [-0.25, -0.2) is 0 Å². The average molecular weight is 717 g/mol. The molecule has 3 aliphatic heterocycles. The SMILES string of the molecule is NCc1cccc(CCC(=O)N2CCN(C(=O)CN3CCC(=O)N(CC(=O)N4CCN(C(=O)CCc5cccc(CN)c5)CC4)CCC3=O)CC2)c1. The van der Waals surface area contributed by atoms with Crippen LogP contribution in [-0.4, -0.2) is 143 Å². The van der Waals surface area contributed by atoms with Crippen LogP contribution in [0.25, 0.3) is 0 Å². The largest absolute Gasteiger partial charge is 0.339 e. The number of nitrogens with two attached hydrogens (primary N) is 2. The second kappa shape index (κ2) is 18.6. The Morgan fingerprint density at radius 3 is 1.15 bits per heavy atom. The second-order valence-corrected chi connectivity index (χ2v) is 13.7. The summed E-state index contributed by atoms with van der Waals surface area (Å²) >= 11 is 0. The minimum atomic E-state index is -0.243. The van der Waals surface area contributed by atoms with Crippen molar-refractivity contribution < 1.29 is 28.8 Å². The number of nitrogens with zero attached hydrogens (tertiary/aromatic N) is 6. The number of carbonyl (C=O) groups is 6. The van der Waals surface area contributed by atoms with Gasteiger partial charge in [-0.15, -0.1) is 0 Å². The van der Waals surface area contributed by atoms with Crippen molar-refractivity contribution in [2.24, 2.45) is 11.5 Å². The highest BCUT2D eigenvalue weighted by molar-refractivity contribution is 5.89. The fraction of sp³-hybridized carbons (Fsp3) is 0.526. The maximum atomic E-state index is 13.2. The second-order valence-electron chi connectivity index (χ2n) is 13.7. The van der Waals surface area contributed by atoms with Gasteiger partial charge in [-0.1, -0.05) is 48.5 Å². The van der Waals surface area contributed by atoms with E-state index in [1.54, 1.807) is 19.6 Å². The molecule has 0 aliphatic carbocycles. The molecule has 14 nitrogen and oxygen atoms in total. The summed E-state index contributed by atoms with van der Waals surface area (Å²) in [6.07, 6.45) is 2.04. The Hall–Kier alpha value is -4.82. The van der Waals surface area contributed by atoms with Gasteiger partial charge in [0.15, 0.2) is 0 Å². The molecule has 0 spiro atoms. The molecule has 3 aliphatic rings. The van der Waals surface area contributed by atoms with Crippen LogP contribution in [0, 0.1) is 0 Å². The van der Waals surface area contributed by atoms with E-state index in [2.05, 4.69) is 0 Å². The summed E-state index contributed by atoms with van der Waals surface area (Å²) in [6, 6.07) is 15.8. The number of hydrogen-bond acceptors (Lipinski definition) is 8. The maximum absolute atomic E-state index is 13.2. The van der Waals surface area contributed by atoms with E-state index in [0.717, 1.165) is 22.3 Å². The Morgan fingerprint density at radius 2 is 0.808 bits per heavy atom. The number of hydrogen-bond donors (Lipinski definition) is 2. The Morgan fingerprint density at radius 1 is 0.481 bits per heavy atom. The third-order valence-corrected chi connectivity index (χ3v) is 10.2. The summed E-state index contributed by atoms with van der Waals surface area (Å²) in [4.78, 5) is 87.9. The lowest BCUT2D eigenvalue weighted by Gasteiger charge is -2.37. The summed E-state index contributed by atoms with van der Waals surface area (Å²) in [7, 11) is 0. The van der Waals surface area contributed by atoms with Crippen molar-refractivity contribution in [1.29, 1.82) is 0 Å². The van der Waals surface area contributed by atoms with Crippen LogP contribution in [0.4, 0.5) is 0 Å². The van der Waals surface area contributed by atoms with Gasteiger partial charge in [0.05, 0.1) is 13.1 Å². The topological polar surface area (TPSA) is 174 Å². The van der Waals surface area contributed by atoms with Gasteiger partial charge >= 0.3 is 0 Å². The van der Waals surface area contributed by atoms with Crippen LogP contribution in [0.3, 0.4) is 0 Å². The van der Waals surface area contributed by atoms with E-state index in [0.29, 0.717) is 91.1 Å². The predicted octanol–water partition coefficient (Wildman–Crippen LogP) is -0.0380. The lowest BCUT2D eigenvalue weighted by atomic mass is 10.1. The maximum Gasteiger partial charge on any atom is 0.242 e. The molecule has 3 fully saturated rings. The van der Waals surface area contributed by atoms with Gasteiger partial charge in [0.1, 0.15) is 0 Å². The quantitative estimate of drug-likeness (QED) is 0.308. The number of amides is 6. The smallest absolute Gasteiger partial charge is 0.242 e. The van der Waals surface area contributed by atoms with Crippen molar-refractivity contribution in [2.45, 2.75) is 51.6 Å². The number of aryl methyl sites for hydroxylation is 2. The Bertz CT molecular complexity index is 1480. The molecule has 14 heteroatoms. The van der Waals surface area contributed by atoms with Crippen molar-refractivity contribution in [1.82, 2.24) is 29.4 Å². The van der Waals surface area contributed by atoms with Crippen LogP contribution in [0.1, 0.15) is 47.9 Å². The third kappa shape index (κ3) is 10.6. The summed E-state index contributed by atoms with van der Waals surface area (Å²) < 4.78 is 0. The van der Waals surface area contributed by atoms with Crippen LogP contribution in [0.2, 0.25) is 0 Å². The normalized spacial score (nSPS) is 17.3. The van der Waals surface area contributed by atoms with Crippen LogP contribution < -0.4 is 11.5 Å². The summed E-state index contributed by atoms with van der Waals surface area (Å²) in [5.41, 5.74) is 15.6. The van der Waals surface area contributed by atoms with Crippen molar-refractivity contribution in [3.8, 4) is 0 Å². The lowest BCUT2D eigenvalue weighted by molar-refractivity contribution is -0.148. The molecule has 3 heterocycles. The van der Waals surface area contributed by atoms with Gasteiger partial charge in [-0.05, 0) is 35.1 Å². The zero-order valence-corrected chi connectivity index (χ0v) is 30.0. The molecular weight excluding hydrogens is 664 g/mol. The number of rotatable bonds is 12. The first kappa shape index (κ1) is 38.4. The summed E-state index contributed by atoms with van der Waals surface area (Å²) in [5.74, 6) is -0.824. The number of benzene rings is 2. The van der Waals surface area contributed by atoms with E-state index < -0.39 is 0 Å². The molecule has 6 amide bonds. The molecule has 0 bridgehead atoms. The number of piperazine rings is 2. The van der Waals surface area contributed by atoms with Crippen molar-refractivity contribution in [3.05, 3.63) is 70.8 Å². The molecule has 2 aromatic carbocycles. The molecule has 0 unspecified atom stereocenters. The fourth-order valence-electron chi connectivity index (χ4n) is 6.94. The van der Waals surface area contributed by atoms with Gasteiger partial charge in [0, 0.05) is 104 Å². The molecule has 5 rings (SSSR count). The minimum Gasteiger partial charge on any atom is -0.339 e. The van der Waals surface area contributed by atoms with Gasteiger partial charge in [0.2, 0.25) is 35.4 Å². The highest BCUT2D eigenvalue weighted by Gasteiger charge is 2.31.